The van der Waals surface area contributed by atoms with Gasteiger partial charge in [0, 0.05) is 12.2 Å². The first-order valence-electron chi connectivity index (χ1n) is 7.17. The fourth-order valence-electron chi connectivity index (χ4n) is 2.08. The lowest BCUT2D eigenvalue weighted by Gasteiger charge is -2.17. The molecule has 3 nitrogen and oxygen atoms in total. The van der Waals surface area contributed by atoms with Crippen LogP contribution in [-0.4, -0.2) is 11.5 Å². The molecule has 0 spiro atoms. The van der Waals surface area contributed by atoms with Crippen LogP contribution in [0.15, 0.2) is 6.07 Å². The zero-order valence-corrected chi connectivity index (χ0v) is 12.7. The molecule has 1 N–H and O–H groups in total. The van der Waals surface area contributed by atoms with Crippen molar-refractivity contribution in [3.05, 3.63) is 22.9 Å². The molecule has 1 aromatic heterocycles. The second-order valence-electron chi connectivity index (χ2n) is 5.71. The largest absolute Gasteiger partial charge is 0.369 e. The number of hydrogen-bond donors (Lipinski definition) is 1. The SMILES string of the molecule is CCCNc1nc(CC(C)C)c(C(C)C)cc1C#N. The molecule has 3 heteroatoms. The molecule has 0 unspecified atom stereocenters. The maximum Gasteiger partial charge on any atom is 0.144 e. The maximum atomic E-state index is 9.27. The van der Waals surface area contributed by atoms with Gasteiger partial charge in [0.1, 0.15) is 11.9 Å². The van der Waals surface area contributed by atoms with Crippen LogP contribution in [-0.2, 0) is 6.42 Å². The Morgan fingerprint density at radius 1 is 1.32 bits per heavy atom. The van der Waals surface area contributed by atoms with E-state index >= 15 is 0 Å². The predicted octanol–water partition coefficient (Wildman–Crippen LogP) is 4.10. The van der Waals surface area contributed by atoms with Gasteiger partial charge < -0.3 is 5.32 Å². The van der Waals surface area contributed by atoms with Crippen LogP contribution in [0, 0.1) is 17.2 Å². The minimum absolute atomic E-state index is 0.397. The van der Waals surface area contributed by atoms with Crippen LogP contribution < -0.4 is 5.32 Å². The molecule has 19 heavy (non-hydrogen) atoms. The lowest BCUT2D eigenvalue weighted by molar-refractivity contribution is 0.625. The third kappa shape index (κ3) is 4.24. The van der Waals surface area contributed by atoms with E-state index in [1.54, 1.807) is 0 Å². The quantitative estimate of drug-likeness (QED) is 0.836. The fourth-order valence-corrected chi connectivity index (χ4v) is 2.08. The van der Waals surface area contributed by atoms with Crippen LogP contribution >= 0.6 is 0 Å². The summed E-state index contributed by atoms with van der Waals surface area (Å²) in [6.07, 6.45) is 1.98. The summed E-state index contributed by atoms with van der Waals surface area (Å²) in [6, 6.07) is 4.26. The van der Waals surface area contributed by atoms with Crippen molar-refractivity contribution >= 4 is 5.82 Å². The monoisotopic (exact) mass is 259 g/mol. The molecule has 0 aliphatic carbocycles. The van der Waals surface area contributed by atoms with Gasteiger partial charge in [0.2, 0.25) is 0 Å². The molecule has 1 heterocycles. The van der Waals surface area contributed by atoms with Crippen molar-refractivity contribution < 1.29 is 0 Å². The van der Waals surface area contributed by atoms with Crippen LogP contribution in [0.4, 0.5) is 5.82 Å². The van der Waals surface area contributed by atoms with Crippen molar-refractivity contribution in [2.24, 2.45) is 5.92 Å². The van der Waals surface area contributed by atoms with Crippen molar-refractivity contribution in [3.63, 3.8) is 0 Å². The third-order valence-corrected chi connectivity index (χ3v) is 3.02. The fraction of sp³-hybridized carbons (Fsp3) is 0.625. The van der Waals surface area contributed by atoms with E-state index in [9.17, 15) is 5.26 Å². The molecular formula is C16H25N3. The molecule has 0 atom stereocenters. The Kier molecular flexibility index (Phi) is 5.82. The molecule has 104 valence electrons. The lowest BCUT2D eigenvalue weighted by Crippen LogP contribution is -2.10. The molecule has 0 aromatic carbocycles. The predicted molar refractivity (Wildman–Crippen MR) is 80.4 cm³/mol. The molecule has 1 rings (SSSR count). The van der Waals surface area contributed by atoms with Crippen LogP contribution in [0.5, 0.6) is 0 Å². The molecule has 0 saturated carbocycles. The number of hydrogen-bond acceptors (Lipinski definition) is 3. The standard InChI is InChI=1S/C16H25N3/c1-6-7-18-16-13(10-17)9-14(12(4)5)15(19-16)8-11(2)3/h9,11-12H,6-8H2,1-5H3,(H,18,19). The first-order valence-corrected chi connectivity index (χ1v) is 7.17. The second kappa shape index (κ2) is 7.13. The zero-order chi connectivity index (χ0) is 14.4. The molecule has 0 aliphatic rings. The van der Waals surface area contributed by atoms with Crippen LogP contribution in [0.2, 0.25) is 0 Å². The molecular weight excluding hydrogens is 234 g/mol. The van der Waals surface area contributed by atoms with Crippen molar-refractivity contribution in [2.45, 2.75) is 53.4 Å². The van der Waals surface area contributed by atoms with Crippen molar-refractivity contribution in [1.29, 1.82) is 5.26 Å². The zero-order valence-electron chi connectivity index (χ0n) is 12.7. The maximum absolute atomic E-state index is 9.27. The van der Waals surface area contributed by atoms with E-state index in [2.05, 4.69) is 46.0 Å². The minimum atomic E-state index is 0.397. The average molecular weight is 259 g/mol. The minimum Gasteiger partial charge on any atom is -0.369 e. The highest BCUT2D eigenvalue weighted by Gasteiger charge is 2.14. The average Bonchev–Trinajstić information content (AvgIpc) is 2.35. The van der Waals surface area contributed by atoms with Crippen molar-refractivity contribution in [2.75, 3.05) is 11.9 Å². The number of anilines is 1. The number of rotatable bonds is 6. The summed E-state index contributed by atoms with van der Waals surface area (Å²) in [7, 11) is 0. The summed E-state index contributed by atoms with van der Waals surface area (Å²) in [6.45, 7) is 11.7. The number of nitrogens with one attached hydrogen (secondary N) is 1. The smallest absolute Gasteiger partial charge is 0.144 e. The van der Waals surface area contributed by atoms with Crippen molar-refractivity contribution in [1.82, 2.24) is 4.98 Å². The van der Waals surface area contributed by atoms with E-state index in [-0.39, 0.29) is 0 Å². The van der Waals surface area contributed by atoms with Gasteiger partial charge in [-0.3, -0.25) is 0 Å². The Hall–Kier alpha value is -1.56. The van der Waals surface area contributed by atoms with Gasteiger partial charge >= 0.3 is 0 Å². The summed E-state index contributed by atoms with van der Waals surface area (Å²) in [5.74, 6) is 1.70. The topological polar surface area (TPSA) is 48.7 Å². The van der Waals surface area contributed by atoms with E-state index in [1.807, 2.05) is 6.07 Å². The number of pyridine rings is 1. The molecule has 0 aliphatic heterocycles. The Morgan fingerprint density at radius 3 is 2.47 bits per heavy atom. The Labute approximate surface area is 117 Å². The molecule has 0 radical (unpaired) electrons. The Balaban J connectivity index is 3.22. The van der Waals surface area contributed by atoms with Gasteiger partial charge in [-0.2, -0.15) is 5.26 Å². The number of aromatic nitrogens is 1. The van der Waals surface area contributed by atoms with Gasteiger partial charge in [-0.15, -0.1) is 0 Å². The molecule has 1 aromatic rings. The van der Waals surface area contributed by atoms with E-state index in [4.69, 9.17) is 4.98 Å². The number of nitriles is 1. The highest BCUT2D eigenvalue weighted by Crippen LogP contribution is 2.25. The lowest BCUT2D eigenvalue weighted by atomic mass is 9.94. The normalized spacial score (nSPS) is 10.8. The molecule has 0 saturated heterocycles. The number of nitrogens with zero attached hydrogens (tertiary/aromatic N) is 2. The highest BCUT2D eigenvalue weighted by molar-refractivity contribution is 5.54. The highest BCUT2D eigenvalue weighted by atomic mass is 15.0. The first-order chi connectivity index (χ1) is 8.99. The second-order valence-corrected chi connectivity index (χ2v) is 5.71. The Morgan fingerprint density at radius 2 is 2.00 bits per heavy atom. The van der Waals surface area contributed by atoms with Gasteiger partial charge in [0.15, 0.2) is 0 Å². The van der Waals surface area contributed by atoms with Gasteiger partial charge in [-0.1, -0.05) is 34.6 Å². The summed E-state index contributed by atoms with van der Waals surface area (Å²) in [5.41, 5.74) is 2.99. The van der Waals surface area contributed by atoms with Crippen molar-refractivity contribution in [3.8, 4) is 6.07 Å². The van der Waals surface area contributed by atoms with E-state index in [0.29, 0.717) is 17.4 Å². The van der Waals surface area contributed by atoms with Gasteiger partial charge in [-0.05, 0) is 36.3 Å². The summed E-state index contributed by atoms with van der Waals surface area (Å²) in [5, 5.41) is 12.5. The Bertz CT molecular complexity index is 456. The van der Waals surface area contributed by atoms with Gasteiger partial charge in [0.25, 0.3) is 0 Å². The van der Waals surface area contributed by atoms with Crippen LogP contribution in [0.1, 0.15) is 63.8 Å². The van der Waals surface area contributed by atoms with Gasteiger partial charge in [0.05, 0.1) is 5.56 Å². The molecule has 0 bridgehead atoms. The summed E-state index contributed by atoms with van der Waals surface area (Å²) < 4.78 is 0. The summed E-state index contributed by atoms with van der Waals surface area (Å²) >= 11 is 0. The van der Waals surface area contributed by atoms with E-state index in [1.165, 1.54) is 5.56 Å². The summed E-state index contributed by atoms with van der Waals surface area (Å²) in [4.78, 5) is 4.71. The molecule has 0 amide bonds. The van der Waals surface area contributed by atoms with Crippen LogP contribution in [0.3, 0.4) is 0 Å². The first kappa shape index (κ1) is 15.5. The third-order valence-electron chi connectivity index (χ3n) is 3.02. The van der Waals surface area contributed by atoms with E-state index < -0.39 is 0 Å². The molecule has 0 fully saturated rings. The van der Waals surface area contributed by atoms with Crippen LogP contribution in [0.25, 0.3) is 0 Å². The van der Waals surface area contributed by atoms with Gasteiger partial charge in [-0.25, -0.2) is 4.98 Å². The van der Waals surface area contributed by atoms with E-state index in [0.717, 1.165) is 30.9 Å².